The van der Waals surface area contributed by atoms with Crippen molar-refractivity contribution in [2.24, 2.45) is 5.92 Å². The van der Waals surface area contributed by atoms with Gasteiger partial charge in [0.05, 0.1) is 11.4 Å². The third-order valence-electron chi connectivity index (χ3n) is 3.00. The van der Waals surface area contributed by atoms with Crippen LogP contribution in [0.15, 0.2) is 18.2 Å². The molecule has 1 aromatic rings. The van der Waals surface area contributed by atoms with Crippen molar-refractivity contribution in [1.29, 1.82) is 0 Å². The van der Waals surface area contributed by atoms with Gasteiger partial charge in [0.25, 0.3) is 0 Å². The van der Waals surface area contributed by atoms with Crippen molar-refractivity contribution >= 4 is 17.5 Å². The van der Waals surface area contributed by atoms with Crippen molar-refractivity contribution in [1.82, 2.24) is 0 Å². The van der Waals surface area contributed by atoms with Gasteiger partial charge in [-0.15, -0.1) is 0 Å². The molecule has 0 heterocycles. The molecule has 1 aromatic carbocycles. The third-order valence-corrected chi connectivity index (χ3v) is 3.00. The predicted molar refractivity (Wildman–Crippen MR) is 84.2 cm³/mol. The van der Waals surface area contributed by atoms with Gasteiger partial charge in [0.15, 0.2) is 0 Å². The van der Waals surface area contributed by atoms with E-state index in [1.54, 1.807) is 20.8 Å². The van der Waals surface area contributed by atoms with Crippen molar-refractivity contribution in [2.75, 3.05) is 10.6 Å². The van der Waals surface area contributed by atoms with Crippen LogP contribution in [-0.4, -0.2) is 17.7 Å². The van der Waals surface area contributed by atoms with Crippen molar-refractivity contribution in [3.8, 4) is 0 Å². The number of rotatable bonds is 4. The van der Waals surface area contributed by atoms with Crippen molar-refractivity contribution in [2.45, 2.75) is 53.2 Å². The molecule has 5 heteroatoms. The average molecular weight is 296 g/mol. The average Bonchev–Trinajstić information content (AvgIpc) is 2.30. The molecule has 0 bridgehead atoms. The van der Waals surface area contributed by atoms with Crippen molar-refractivity contribution in [3.63, 3.8) is 0 Å². The Kier molecular flexibility index (Phi) is 5.58. The number of carbonyl (C=O) groups is 1. The van der Waals surface area contributed by atoms with Crippen molar-refractivity contribution in [3.05, 3.63) is 24.0 Å². The van der Waals surface area contributed by atoms with Gasteiger partial charge in [0, 0.05) is 6.04 Å². The van der Waals surface area contributed by atoms with Gasteiger partial charge in [-0.05, 0) is 51.8 Å². The molecule has 1 unspecified atom stereocenters. The summed E-state index contributed by atoms with van der Waals surface area (Å²) in [5.41, 5.74) is 0.461. The minimum Gasteiger partial charge on any atom is -0.444 e. The van der Waals surface area contributed by atoms with E-state index in [1.807, 2.05) is 6.92 Å². The summed E-state index contributed by atoms with van der Waals surface area (Å²) in [6, 6.07) is 4.34. The standard InChI is InChI=1S/C16H25FN2O2/c1-10(2)11(3)18-14-9-12(17)7-8-13(14)19-15(20)21-16(4,5)6/h7-11,18H,1-6H3,(H,19,20). The normalized spacial score (nSPS) is 13.0. The van der Waals surface area contributed by atoms with E-state index < -0.39 is 11.7 Å². The van der Waals surface area contributed by atoms with Crippen LogP contribution in [0.4, 0.5) is 20.6 Å². The lowest BCUT2D eigenvalue weighted by molar-refractivity contribution is 0.0636. The van der Waals surface area contributed by atoms with E-state index in [9.17, 15) is 9.18 Å². The maximum absolute atomic E-state index is 13.4. The second kappa shape index (κ2) is 6.78. The van der Waals surface area contributed by atoms with Crippen LogP contribution in [0.25, 0.3) is 0 Å². The number of anilines is 2. The highest BCUT2D eigenvalue weighted by Gasteiger charge is 2.18. The van der Waals surface area contributed by atoms with Crippen LogP contribution in [0.3, 0.4) is 0 Å². The van der Waals surface area contributed by atoms with Gasteiger partial charge in [-0.1, -0.05) is 13.8 Å². The summed E-state index contributed by atoms with van der Waals surface area (Å²) in [5.74, 6) is 0.0193. The van der Waals surface area contributed by atoms with Gasteiger partial charge in [-0.3, -0.25) is 5.32 Å². The lowest BCUT2D eigenvalue weighted by atomic mass is 10.1. The number of nitrogens with one attached hydrogen (secondary N) is 2. The molecule has 0 spiro atoms. The van der Waals surface area contributed by atoms with Gasteiger partial charge >= 0.3 is 6.09 Å². The SMILES string of the molecule is CC(C)C(C)Nc1cc(F)ccc1NC(=O)OC(C)(C)C. The molecule has 0 aromatic heterocycles. The zero-order valence-corrected chi connectivity index (χ0v) is 13.6. The molecular weight excluding hydrogens is 271 g/mol. The molecule has 0 radical (unpaired) electrons. The van der Waals surface area contributed by atoms with E-state index in [-0.39, 0.29) is 11.9 Å². The number of amides is 1. The Labute approximate surface area is 126 Å². The van der Waals surface area contributed by atoms with Crippen LogP contribution in [0.5, 0.6) is 0 Å². The molecule has 0 saturated heterocycles. The largest absolute Gasteiger partial charge is 0.444 e. The van der Waals surface area contributed by atoms with E-state index in [4.69, 9.17) is 4.74 Å². The van der Waals surface area contributed by atoms with E-state index in [0.717, 1.165) is 0 Å². The molecule has 1 amide bonds. The number of benzene rings is 1. The Bertz CT molecular complexity index is 496. The predicted octanol–water partition coefficient (Wildman–Crippen LogP) is 4.63. The number of carbonyl (C=O) groups excluding carboxylic acids is 1. The Morgan fingerprint density at radius 3 is 2.33 bits per heavy atom. The molecule has 118 valence electrons. The monoisotopic (exact) mass is 296 g/mol. The lowest BCUT2D eigenvalue weighted by Gasteiger charge is -2.23. The van der Waals surface area contributed by atoms with Crippen LogP contribution >= 0.6 is 0 Å². The summed E-state index contributed by atoms with van der Waals surface area (Å²) in [6.45, 7) is 11.5. The first kappa shape index (κ1) is 17.3. The van der Waals surface area contributed by atoms with Gasteiger partial charge in [-0.25, -0.2) is 9.18 Å². The number of halogens is 1. The van der Waals surface area contributed by atoms with E-state index in [2.05, 4.69) is 24.5 Å². The van der Waals surface area contributed by atoms with Gasteiger partial charge in [0.1, 0.15) is 11.4 Å². The van der Waals surface area contributed by atoms with Crippen molar-refractivity contribution < 1.29 is 13.9 Å². The van der Waals surface area contributed by atoms with Gasteiger partial charge in [-0.2, -0.15) is 0 Å². The number of ether oxygens (including phenoxy) is 1. The second-order valence-corrected chi connectivity index (χ2v) is 6.49. The minimum absolute atomic E-state index is 0.144. The summed E-state index contributed by atoms with van der Waals surface area (Å²) in [5, 5.41) is 5.86. The lowest BCUT2D eigenvalue weighted by Crippen LogP contribution is -2.28. The highest BCUT2D eigenvalue weighted by Crippen LogP contribution is 2.25. The zero-order valence-electron chi connectivity index (χ0n) is 13.6. The molecule has 4 nitrogen and oxygen atoms in total. The molecule has 0 aliphatic rings. The third kappa shape index (κ3) is 6.02. The molecule has 21 heavy (non-hydrogen) atoms. The fourth-order valence-corrected chi connectivity index (χ4v) is 1.57. The Morgan fingerprint density at radius 1 is 1.19 bits per heavy atom. The number of hydrogen-bond donors (Lipinski definition) is 2. The fourth-order valence-electron chi connectivity index (χ4n) is 1.57. The summed E-state index contributed by atoms with van der Waals surface area (Å²) >= 11 is 0. The van der Waals surface area contributed by atoms with Crippen LogP contribution in [0, 0.1) is 11.7 Å². The molecule has 1 rings (SSSR count). The molecule has 0 saturated carbocycles. The fraction of sp³-hybridized carbons (Fsp3) is 0.562. The molecule has 0 fully saturated rings. The first-order valence-electron chi connectivity index (χ1n) is 7.14. The molecule has 0 aliphatic heterocycles. The van der Waals surface area contributed by atoms with Crippen LogP contribution in [-0.2, 0) is 4.74 Å². The van der Waals surface area contributed by atoms with E-state index in [0.29, 0.717) is 17.3 Å². The smallest absolute Gasteiger partial charge is 0.412 e. The van der Waals surface area contributed by atoms with E-state index in [1.165, 1.54) is 18.2 Å². The topological polar surface area (TPSA) is 50.4 Å². The summed E-state index contributed by atoms with van der Waals surface area (Å²) < 4.78 is 18.6. The molecule has 0 aliphatic carbocycles. The molecule has 2 N–H and O–H groups in total. The second-order valence-electron chi connectivity index (χ2n) is 6.49. The maximum atomic E-state index is 13.4. The first-order valence-corrected chi connectivity index (χ1v) is 7.14. The molecular formula is C16H25FN2O2. The van der Waals surface area contributed by atoms with Gasteiger partial charge < -0.3 is 10.1 Å². The highest BCUT2D eigenvalue weighted by molar-refractivity contribution is 5.89. The zero-order chi connectivity index (χ0) is 16.2. The summed E-state index contributed by atoms with van der Waals surface area (Å²) in [4.78, 5) is 11.8. The maximum Gasteiger partial charge on any atom is 0.412 e. The van der Waals surface area contributed by atoms with Crippen LogP contribution in [0.2, 0.25) is 0 Å². The van der Waals surface area contributed by atoms with E-state index >= 15 is 0 Å². The summed E-state index contributed by atoms with van der Waals surface area (Å²) in [7, 11) is 0. The first-order chi connectivity index (χ1) is 9.58. The molecule has 1 atom stereocenters. The summed E-state index contributed by atoms with van der Waals surface area (Å²) in [6.07, 6.45) is -0.561. The highest BCUT2D eigenvalue weighted by atomic mass is 19.1. The Morgan fingerprint density at radius 2 is 1.81 bits per heavy atom. The van der Waals surface area contributed by atoms with Crippen LogP contribution < -0.4 is 10.6 Å². The van der Waals surface area contributed by atoms with Gasteiger partial charge in [0.2, 0.25) is 0 Å². The Balaban J connectivity index is 2.89. The van der Waals surface area contributed by atoms with Crippen LogP contribution in [0.1, 0.15) is 41.5 Å². The Hall–Kier alpha value is -1.78. The quantitative estimate of drug-likeness (QED) is 0.851. The minimum atomic E-state index is -0.580. The number of hydrogen-bond acceptors (Lipinski definition) is 3.